The molecule has 0 fully saturated rings. The third-order valence-corrected chi connectivity index (χ3v) is 2.79. The molecule has 4 N–H and O–H groups in total. The quantitative estimate of drug-likeness (QED) is 0.678. The normalized spacial score (nSPS) is 12.4. The van der Waals surface area contributed by atoms with Crippen LogP contribution in [0.15, 0.2) is 24.3 Å². The summed E-state index contributed by atoms with van der Waals surface area (Å²) in [5.41, 5.74) is 6.11. The summed E-state index contributed by atoms with van der Waals surface area (Å²) >= 11 is 0. The Hall–Kier alpha value is -1.55. The zero-order valence-corrected chi connectivity index (χ0v) is 11.0. The number of para-hydroxylation sites is 2. The van der Waals surface area contributed by atoms with Gasteiger partial charge in [-0.1, -0.05) is 26.0 Å². The highest BCUT2D eigenvalue weighted by atomic mass is 16.3. The van der Waals surface area contributed by atoms with Crippen LogP contribution in [-0.4, -0.2) is 17.6 Å². The van der Waals surface area contributed by atoms with Crippen LogP contribution < -0.4 is 11.1 Å². The summed E-state index contributed by atoms with van der Waals surface area (Å²) in [7, 11) is 0. The number of nitrogens with two attached hydrogens (primary N) is 1. The molecule has 1 amide bonds. The second-order valence-electron chi connectivity index (χ2n) is 5.00. The first kappa shape index (κ1) is 14.5. The third-order valence-electron chi connectivity index (χ3n) is 2.79. The Balaban J connectivity index is 2.53. The van der Waals surface area contributed by atoms with Gasteiger partial charge in [0.15, 0.2) is 0 Å². The molecule has 0 radical (unpaired) electrons. The molecular formula is C14H22N2O2. The molecule has 0 spiro atoms. The van der Waals surface area contributed by atoms with E-state index in [1.807, 2.05) is 0 Å². The minimum atomic E-state index is -0.104. The van der Waals surface area contributed by atoms with Crippen molar-refractivity contribution in [3.8, 4) is 5.75 Å². The molecule has 4 nitrogen and oxygen atoms in total. The van der Waals surface area contributed by atoms with E-state index in [2.05, 4.69) is 19.2 Å². The summed E-state index contributed by atoms with van der Waals surface area (Å²) < 4.78 is 0. The van der Waals surface area contributed by atoms with Gasteiger partial charge >= 0.3 is 0 Å². The first-order valence-corrected chi connectivity index (χ1v) is 6.30. The van der Waals surface area contributed by atoms with Crippen LogP contribution in [0.2, 0.25) is 0 Å². The van der Waals surface area contributed by atoms with Crippen LogP contribution in [0.4, 0.5) is 5.69 Å². The fraction of sp³-hybridized carbons (Fsp3) is 0.500. The molecule has 0 bridgehead atoms. The molecule has 1 rings (SSSR count). The number of phenols is 1. The van der Waals surface area contributed by atoms with Gasteiger partial charge in [-0.15, -0.1) is 0 Å². The van der Waals surface area contributed by atoms with Gasteiger partial charge in [0.1, 0.15) is 5.75 Å². The number of nitrogens with one attached hydrogen (secondary N) is 1. The summed E-state index contributed by atoms with van der Waals surface area (Å²) in [5, 5.41) is 12.3. The molecule has 1 atom stereocenters. The molecule has 1 aromatic rings. The fourth-order valence-corrected chi connectivity index (χ4v) is 1.97. The number of aromatic hydroxyl groups is 1. The lowest BCUT2D eigenvalue weighted by atomic mass is 9.94. The van der Waals surface area contributed by atoms with E-state index in [9.17, 15) is 9.90 Å². The predicted molar refractivity (Wildman–Crippen MR) is 73.4 cm³/mol. The topological polar surface area (TPSA) is 75.4 Å². The maximum absolute atomic E-state index is 11.8. The van der Waals surface area contributed by atoms with Crippen molar-refractivity contribution < 1.29 is 9.90 Å². The van der Waals surface area contributed by atoms with Crippen LogP contribution in [-0.2, 0) is 4.79 Å². The highest BCUT2D eigenvalue weighted by Gasteiger charge is 2.14. The Bertz CT molecular complexity index is 391. The molecule has 0 aliphatic heterocycles. The van der Waals surface area contributed by atoms with Gasteiger partial charge in [0.05, 0.1) is 5.69 Å². The summed E-state index contributed by atoms with van der Waals surface area (Å²) in [5.74, 6) is 0.693. The first-order valence-electron chi connectivity index (χ1n) is 6.30. The van der Waals surface area contributed by atoms with Crippen LogP contribution in [0, 0.1) is 11.8 Å². The molecule has 1 aromatic carbocycles. The van der Waals surface area contributed by atoms with Crippen LogP contribution in [0.25, 0.3) is 0 Å². The van der Waals surface area contributed by atoms with Crippen molar-refractivity contribution in [1.29, 1.82) is 0 Å². The van der Waals surface area contributed by atoms with Gasteiger partial charge in [0.2, 0.25) is 5.91 Å². The zero-order chi connectivity index (χ0) is 13.5. The highest BCUT2D eigenvalue weighted by molar-refractivity contribution is 5.92. The average molecular weight is 250 g/mol. The van der Waals surface area contributed by atoms with Crippen molar-refractivity contribution in [3.05, 3.63) is 24.3 Å². The Labute approximate surface area is 108 Å². The highest BCUT2D eigenvalue weighted by Crippen LogP contribution is 2.22. The van der Waals surface area contributed by atoms with Gasteiger partial charge < -0.3 is 16.2 Å². The van der Waals surface area contributed by atoms with E-state index < -0.39 is 0 Å². The number of anilines is 1. The number of benzene rings is 1. The smallest absolute Gasteiger partial charge is 0.224 e. The lowest BCUT2D eigenvalue weighted by Gasteiger charge is -2.16. The van der Waals surface area contributed by atoms with E-state index in [0.717, 1.165) is 6.42 Å². The van der Waals surface area contributed by atoms with E-state index in [4.69, 9.17) is 5.73 Å². The average Bonchev–Trinajstić information content (AvgIpc) is 2.30. The number of carbonyl (C=O) groups is 1. The van der Waals surface area contributed by atoms with Crippen LogP contribution in [0.3, 0.4) is 0 Å². The SMILES string of the molecule is CC(C)C[C@H](CN)CC(=O)Nc1ccccc1O. The predicted octanol–water partition coefficient (Wildman–Crippen LogP) is 2.34. The van der Waals surface area contributed by atoms with Gasteiger partial charge in [0, 0.05) is 6.42 Å². The van der Waals surface area contributed by atoms with E-state index in [-0.39, 0.29) is 17.6 Å². The molecule has 0 aliphatic carbocycles. The zero-order valence-electron chi connectivity index (χ0n) is 11.0. The number of hydrogen-bond acceptors (Lipinski definition) is 3. The maximum atomic E-state index is 11.8. The largest absolute Gasteiger partial charge is 0.506 e. The van der Waals surface area contributed by atoms with Crippen LogP contribution in [0.5, 0.6) is 5.75 Å². The van der Waals surface area contributed by atoms with Gasteiger partial charge in [-0.3, -0.25) is 4.79 Å². The van der Waals surface area contributed by atoms with Crippen molar-refractivity contribution in [2.45, 2.75) is 26.7 Å². The van der Waals surface area contributed by atoms with E-state index in [1.54, 1.807) is 24.3 Å². The van der Waals surface area contributed by atoms with Crippen molar-refractivity contribution in [2.24, 2.45) is 17.6 Å². The molecule has 4 heteroatoms. The Morgan fingerprint density at radius 3 is 2.61 bits per heavy atom. The first-order chi connectivity index (χ1) is 8.52. The second kappa shape index (κ2) is 7.01. The van der Waals surface area contributed by atoms with Gasteiger partial charge in [-0.05, 0) is 36.9 Å². The monoisotopic (exact) mass is 250 g/mol. The molecule has 0 unspecified atom stereocenters. The number of rotatable bonds is 6. The van der Waals surface area contributed by atoms with Gasteiger partial charge in [0.25, 0.3) is 0 Å². The molecule has 0 heterocycles. The summed E-state index contributed by atoms with van der Waals surface area (Å²) in [6, 6.07) is 6.70. The maximum Gasteiger partial charge on any atom is 0.224 e. The van der Waals surface area contributed by atoms with E-state index in [0.29, 0.717) is 24.6 Å². The lowest BCUT2D eigenvalue weighted by Crippen LogP contribution is -2.23. The number of hydrogen-bond donors (Lipinski definition) is 3. The van der Waals surface area contributed by atoms with Crippen molar-refractivity contribution in [3.63, 3.8) is 0 Å². The second-order valence-corrected chi connectivity index (χ2v) is 5.00. The van der Waals surface area contributed by atoms with Crippen molar-refractivity contribution >= 4 is 11.6 Å². The lowest BCUT2D eigenvalue weighted by molar-refractivity contribution is -0.117. The number of phenolic OH excluding ortho intramolecular Hbond substituents is 1. The Morgan fingerprint density at radius 2 is 2.06 bits per heavy atom. The van der Waals surface area contributed by atoms with Crippen LogP contribution >= 0.6 is 0 Å². The molecule has 0 saturated carbocycles. The minimum Gasteiger partial charge on any atom is -0.506 e. The van der Waals surface area contributed by atoms with E-state index in [1.165, 1.54) is 0 Å². The van der Waals surface area contributed by atoms with Crippen molar-refractivity contribution in [2.75, 3.05) is 11.9 Å². The van der Waals surface area contributed by atoms with Crippen molar-refractivity contribution in [1.82, 2.24) is 0 Å². The van der Waals surface area contributed by atoms with Crippen LogP contribution in [0.1, 0.15) is 26.7 Å². The third kappa shape index (κ3) is 4.75. The van der Waals surface area contributed by atoms with E-state index >= 15 is 0 Å². The Kier molecular flexibility index (Phi) is 5.65. The molecular weight excluding hydrogens is 228 g/mol. The summed E-state index contributed by atoms with van der Waals surface area (Å²) in [6.07, 6.45) is 1.33. The fourth-order valence-electron chi connectivity index (χ4n) is 1.97. The Morgan fingerprint density at radius 1 is 1.39 bits per heavy atom. The number of amides is 1. The molecule has 100 valence electrons. The molecule has 0 aromatic heterocycles. The standard InChI is InChI=1S/C14H22N2O2/c1-10(2)7-11(9-15)8-14(18)16-12-5-3-4-6-13(12)17/h3-6,10-11,17H,7-9,15H2,1-2H3,(H,16,18)/t11-/m0/s1. The minimum absolute atomic E-state index is 0.0824. The molecule has 18 heavy (non-hydrogen) atoms. The summed E-state index contributed by atoms with van der Waals surface area (Å²) in [4.78, 5) is 11.8. The number of carbonyl (C=O) groups excluding carboxylic acids is 1. The van der Waals surface area contributed by atoms with Gasteiger partial charge in [-0.2, -0.15) is 0 Å². The molecule has 0 aliphatic rings. The van der Waals surface area contributed by atoms with Gasteiger partial charge in [-0.25, -0.2) is 0 Å². The summed E-state index contributed by atoms with van der Waals surface area (Å²) in [6.45, 7) is 4.74. The molecule has 0 saturated heterocycles.